The minimum absolute atomic E-state index is 0.0720. The first-order valence-corrected chi connectivity index (χ1v) is 13.3. The van der Waals surface area contributed by atoms with Crippen molar-refractivity contribution < 1.29 is 19.2 Å². The molecule has 5 nitrogen and oxygen atoms in total. The Morgan fingerprint density at radius 3 is 1.81 bits per heavy atom. The fraction of sp³-hybridized carbons (Fsp3) is 0.810. The molecule has 4 fully saturated rings. The number of ether oxygens (including phenoxy) is 1. The number of imide groups is 1. The van der Waals surface area contributed by atoms with E-state index in [4.69, 9.17) is 79.2 Å². The smallest absolute Gasteiger partial charge is 0.260 e. The summed E-state index contributed by atoms with van der Waals surface area (Å²) >= 11 is 40.2. The third kappa shape index (κ3) is 2.69. The van der Waals surface area contributed by atoms with Crippen molar-refractivity contribution in [3.8, 4) is 0 Å². The Morgan fingerprint density at radius 1 is 0.844 bits per heavy atom. The number of amides is 2. The molecule has 0 aromatic rings. The number of alkyl halides is 4. The summed E-state index contributed by atoms with van der Waals surface area (Å²) in [5, 5.41) is 1.05. The van der Waals surface area contributed by atoms with Gasteiger partial charge in [0, 0.05) is 11.8 Å². The van der Waals surface area contributed by atoms with Gasteiger partial charge in [-0.25, -0.2) is 0 Å². The number of hydrogen-bond donors (Lipinski definition) is 0. The van der Waals surface area contributed by atoms with Crippen LogP contribution in [0.3, 0.4) is 0 Å². The molecule has 4 bridgehead atoms. The lowest BCUT2D eigenvalue weighted by atomic mass is 9.65. The van der Waals surface area contributed by atoms with Gasteiger partial charge in [-0.2, -0.15) is 5.06 Å². The maximum Gasteiger partial charge on any atom is 0.260 e. The number of rotatable bonds is 8. The summed E-state index contributed by atoms with van der Waals surface area (Å²) in [5.41, 5.74) is 0. The average Bonchev–Trinajstić information content (AvgIpc) is 3.45. The van der Waals surface area contributed by atoms with Crippen molar-refractivity contribution in [2.24, 2.45) is 23.7 Å². The second-order valence-corrected chi connectivity index (χ2v) is 12.6. The van der Waals surface area contributed by atoms with Crippen LogP contribution in [0, 0.1) is 23.7 Å². The molecule has 0 spiro atoms. The SMILES string of the molecule is CCCCCCCCON1C(=O)C2C3OC(C2C1=O)C1C3C2(Cl)C(Cl)=C(Cl)C1(Cl)C2(Cl)Cl. The topological polar surface area (TPSA) is 55.8 Å². The Balaban J connectivity index is 1.34. The number of allylic oxidation sites excluding steroid dienone is 2. The summed E-state index contributed by atoms with van der Waals surface area (Å²) < 4.78 is 4.41. The van der Waals surface area contributed by atoms with Gasteiger partial charge < -0.3 is 4.74 Å². The highest BCUT2D eigenvalue weighted by atomic mass is 35.5. The highest BCUT2D eigenvalue weighted by Gasteiger charge is 2.90. The molecule has 0 N–H and O–H groups in total. The molecular weight excluding hydrogens is 543 g/mol. The summed E-state index contributed by atoms with van der Waals surface area (Å²) in [6, 6.07) is 0. The molecular formula is C21H23Cl6NO4. The van der Waals surface area contributed by atoms with Gasteiger partial charge in [0.2, 0.25) is 0 Å². The molecule has 0 radical (unpaired) electrons. The summed E-state index contributed by atoms with van der Waals surface area (Å²) in [6.45, 7) is 2.47. The predicted molar refractivity (Wildman–Crippen MR) is 124 cm³/mol. The first-order valence-electron chi connectivity index (χ1n) is 11.0. The molecule has 3 heterocycles. The molecule has 0 aromatic carbocycles. The minimum atomic E-state index is -1.72. The molecule has 178 valence electrons. The zero-order valence-electron chi connectivity index (χ0n) is 17.3. The van der Waals surface area contributed by atoms with E-state index in [1.807, 2.05) is 0 Å². The molecule has 5 rings (SSSR count). The van der Waals surface area contributed by atoms with Crippen molar-refractivity contribution >= 4 is 81.4 Å². The van der Waals surface area contributed by atoms with E-state index in [2.05, 4.69) is 6.92 Å². The minimum Gasteiger partial charge on any atom is -0.373 e. The van der Waals surface area contributed by atoms with Crippen LogP contribution in [0.1, 0.15) is 45.4 Å². The number of halogens is 6. The Bertz CT molecular complexity index is 840. The second-order valence-electron chi connectivity index (χ2n) is 9.37. The Labute approximate surface area is 216 Å². The third-order valence-electron chi connectivity index (χ3n) is 7.86. The van der Waals surface area contributed by atoms with Crippen LogP contribution >= 0.6 is 69.6 Å². The molecule has 0 aromatic heterocycles. The van der Waals surface area contributed by atoms with E-state index in [-0.39, 0.29) is 10.1 Å². The van der Waals surface area contributed by atoms with Gasteiger partial charge in [-0.1, -0.05) is 85.4 Å². The van der Waals surface area contributed by atoms with Crippen LogP contribution in [-0.2, 0) is 19.2 Å². The van der Waals surface area contributed by atoms with Gasteiger partial charge in [-0.05, 0) is 6.42 Å². The van der Waals surface area contributed by atoms with Gasteiger partial charge in [-0.3, -0.25) is 14.4 Å². The third-order valence-corrected chi connectivity index (χ3v) is 12.1. The van der Waals surface area contributed by atoms with Crippen molar-refractivity contribution in [2.75, 3.05) is 6.61 Å². The molecule has 3 saturated heterocycles. The second kappa shape index (κ2) is 8.03. The quantitative estimate of drug-likeness (QED) is 0.214. The van der Waals surface area contributed by atoms with Crippen molar-refractivity contribution in [1.82, 2.24) is 5.06 Å². The van der Waals surface area contributed by atoms with E-state index in [1.165, 1.54) is 19.3 Å². The molecule has 32 heavy (non-hydrogen) atoms. The number of unbranched alkanes of at least 4 members (excludes halogenated alkanes) is 5. The molecule has 2 aliphatic carbocycles. The predicted octanol–water partition coefficient (Wildman–Crippen LogP) is 5.74. The lowest BCUT2D eigenvalue weighted by Crippen LogP contribution is -2.50. The van der Waals surface area contributed by atoms with E-state index in [0.717, 1.165) is 24.3 Å². The van der Waals surface area contributed by atoms with Crippen LogP contribution in [0.15, 0.2) is 10.1 Å². The van der Waals surface area contributed by atoms with Crippen molar-refractivity contribution in [1.29, 1.82) is 0 Å². The van der Waals surface area contributed by atoms with Gasteiger partial charge in [0.25, 0.3) is 11.8 Å². The van der Waals surface area contributed by atoms with Gasteiger partial charge in [0.15, 0.2) is 4.33 Å². The van der Waals surface area contributed by atoms with Crippen molar-refractivity contribution in [3.05, 3.63) is 10.1 Å². The lowest BCUT2D eigenvalue weighted by molar-refractivity contribution is -0.192. The number of fused-ring (bicyclic) bond motifs is 12. The van der Waals surface area contributed by atoms with Crippen molar-refractivity contribution in [2.45, 2.75) is 71.7 Å². The summed E-state index contributed by atoms with van der Waals surface area (Å²) in [6.07, 6.45) is 5.01. The highest BCUT2D eigenvalue weighted by molar-refractivity contribution is 6.65. The summed E-state index contributed by atoms with van der Waals surface area (Å²) in [4.78, 5) is 28.9. The van der Waals surface area contributed by atoms with E-state index >= 15 is 0 Å². The van der Waals surface area contributed by atoms with Gasteiger partial charge in [0.05, 0.1) is 40.7 Å². The maximum absolute atomic E-state index is 13.2. The van der Waals surface area contributed by atoms with Crippen LogP contribution in [0.4, 0.5) is 0 Å². The molecule has 8 atom stereocenters. The van der Waals surface area contributed by atoms with Crippen LogP contribution in [-0.4, -0.2) is 49.8 Å². The van der Waals surface area contributed by atoms with Crippen molar-refractivity contribution in [3.63, 3.8) is 0 Å². The van der Waals surface area contributed by atoms with Crippen LogP contribution < -0.4 is 0 Å². The number of hydrogen-bond acceptors (Lipinski definition) is 4. The number of nitrogens with zero attached hydrogens (tertiary/aromatic N) is 1. The molecule has 3 aliphatic heterocycles. The zero-order chi connectivity index (χ0) is 23.2. The fourth-order valence-electron chi connectivity index (χ4n) is 6.44. The molecule has 2 amide bonds. The van der Waals surface area contributed by atoms with E-state index in [9.17, 15) is 9.59 Å². The summed E-state index contributed by atoms with van der Waals surface area (Å²) in [7, 11) is 0. The normalized spacial score (nSPS) is 45.4. The fourth-order valence-corrected chi connectivity index (χ4v) is 9.50. The molecule has 11 heteroatoms. The first kappa shape index (κ1) is 24.2. The van der Waals surface area contributed by atoms with E-state index in [0.29, 0.717) is 6.61 Å². The van der Waals surface area contributed by atoms with E-state index < -0.39 is 61.8 Å². The average molecular weight is 566 g/mol. The number of carbonyl (C=O) groups is 2. The standard InChI is InChI=1S/C21H23Cl6NO4/c1-2-3-4-5-6-7-8-31-28-17(29)9-10(18(28)30)14-12-11(13(9)32-14)19(24)15(22)16(23)20(12,25)21(19,26)27/h9-14H,2-8H2,1H3. The van der Waals surface area contributed by atoms with Gasteiger partial charge >= 0.3 is 0 Å². The van der Waals surface area contributed by atoms with Crippen LogP contribution in [0.25, 0.3) is 0 Å². The largest absolute Gasteiger partial charge is 0.373 e. The highest BCUT2D eigenvalue weighted by Crippen LogP contribution is 2.81. The maximum atomic E-state index is 13.2. The Hall–Kier alpha value is 0.540. The zero-order valence-corrected chi connectivity index (χ0v) is 21.8. The molecule has 5 aliphatic rings. The molecule has 1 saturated carbocycles. The van der Waals surface area contributed by atoms with Gasteiger partial charge in [0.1, 0.15) is 9.75 Å². The number of carbonyl (C=O) groups excluding carboxylic acids is 2. The Kier molecular flexibility index (Phi) is 6.08. The lowest BCUT2D eigenvalue weighted by Gasteiger charge is -2.39. The first-order chi connectivity index (χ1) is 15.1. The van der Waals surface area contributed by atoms with Crippen LogP contribution in [0.5, 0.6) is 0 Å². The van der Waals surface area contributed by atoms with Gasteiger partial charge in [-0.15, -0.1) is 23.2 Å². The Morgan fingerprint density at radius 2 is 1.31 bits per heavy atom. The van der Waals surface area contributed by atoms with Crippen LogP contribution in [0.2, 0.25) is 0 Å². The molecule has 8 unspecified atom stereocenters. The number of hydroxylamine groups is 2. The monoisotopic (exact) mass is 563 g/mol. The van der Waals surface area contributed by atoms with E-state index in [1.54, 1.807) is 0 Å². The summed E-state index contributed by atoms with van der Waals surface area (Å²) in [5.74, 6) is -3.45.